The average molecular weight is 407 g/mol. The zero-order chi connectivity index (χ0) is 21.1. The molecule has 1 fully saturated rings. The summed E-state index contributed by atoms with van der Waals surface area (Å²) in [4.78, 5) is 32.0. The number of hydrogen-bond donors (Lipinski definition) is 2. The molecule has 0 bridgehead atoms. The predicted octanol–water partition coefficient (Wildman–Crippen LogP) is 3.46. The fourth-order valence-corrected chi connectivity index (χ4v) is 3.95. The zero-order valence-electron chi connectivity index (χ0n) is 16.9. The van der Waals surface area contributed by atoms with Crippen LogP contribution in [0.1, 0.15) is 24.0 Å². The lowest BCUT2D eigenvalue weighted by Crippen LogP contribution is -2.35. The van der Waals surface area contributed by atoms with Crippen LogP contribution < -0.4 is 10.9 Å². The first-order chi connectivity index (χ1) is 14.5. The molecule has 2 aromatic carbocycles. The van der Waals surface area contributed by atoms with E-state index in [4.69, 9.17) is 0 Å². The SMILES string of the molecule is Cc1ccc(CN2CCC(CNc3cc4nc[nH]c(=O)c4cc3[N+](=O)[O-])CC2)cc1. The van der Waals surface area contributed by atoms with Crippen molar-refractivity contribution in [2.45, 2.75) is 26.3 Å². The lowest BCUT2D eigenvalue weighted by atomic mass is 9.96. The maximum absolute atomic E-state index is 11.9. The minimum atomic E-state index is -0.460. The van der Waals surface area contributed by atoms with Crippen molar-refractivity contribution in [3.63, 3.8) is 0 Å². The monoisotopic (exact) mass is 407 g/mol. The Morgan fingerprint density at radius 2 is 1.97 bits per heavy atom. The first kappa shape index (κ1) is 20.0. The number of nitro groups is 1. The molecule has 1 aromatic heterocycles. The summed E-state index contributed by atoms with van der Waals surface area (Å²) < 4.78 is 0. The Bertz CT molecular complexity index is 1100. The molecule has 0 radical (unpaired) electrons. The van der Waals surface area contributed by atoms with Crippen LogP contribution in [0.3, 0.4) is 0 Å². The quantitative estimate of drug-likeness (QED) is 0.479. The Morgan fingerprint density at radius 3 is 2.67 bits per heavy atom. The molecule has 8 heteroatoms. The van der Waals surface area contributed by atoms with E-state index in [1.807, 2.05) is 0 Å². The Hall–Kier alpha value is -3.26. The van der Waals surface area contributed by atoms with Crippen LogP contribution >= 0.6 is 0 Å². The van der Waals surface area contributed by atoms with Gasteiger partial charge >= 0.3 is 0 Å². The lowest BCUT2D eigenvalue weighted by Gasteiger charge is -2.32. The molecule has 0 unspecified atom stereocenters. The summed E-state index contributed by atoms with van der Waals surface area (Å²) in [6.45, 7) is 5.73. The molecule has 8 nitrogen and oxygen atoms in total. The number of piperidine rings is 1. The van der Waals surface area contributed by atoms with Crippen molar-refractivity contribution < 1.29 is 4.92 Å². The second kappa shape index (κ2) is 8.62. The Labute approximate surface area is 174 Å². The fourth-order valence-electron chi connectivity index (χ4n) is 3.95. The van der Waals surface area contributed by atoms with Crippen molar-refractivity contribution in [1.82, 2.24) is 14.9 Å². The van der Waals surface area contributed by atoms with Crippen molar-refractivity contribution >= 4 is 22.3 Å². The van der Waals surface area contributed by atoms with E-state index in [9.17, 15) is 14.9 Å². The van der Waals surface area contributed by atoms with E-state index in [-0.39, 0.29) is 16.6 Å². The number of fused-ring (bicyclic) bond motifs is 1. The van der Waals surface area contributed by atoms with Crippen molar-refractivity contribution in [2.24, 2.45) is 5.92 Å². The molecule has 1 aliphatic rings. The number of benzene rings is 2. The van der Waals surface area contributed by atoms with Crippen molar-refractivity contribution in [3.8, 4) is 0 Å². The molecule has 0 amide bonds. The first-order valence-electron chi connectivity index (χ1n) is 10.2. The van der Waals surface area contributed by atoms with Gasteiger partial charge in [-0.25, -0.2) is 4.98 Å². The van der Waals surface area contributed by atoms with Gasteiger partial charge in [-0.3, -0.25) is 19.8 Å². The number of H-pyrrole nitrogens is 1. The molecule has 0 spiro atoms. The summed E-state index contributed by atoms with van der Waals surface area (Å²) in [7, 11) is 0. The van der Waals surface area contributed by atoms with Crippen molar-refractivity contribution in [3.05, 3.63) is 74.3 Å². The molecular formula is C22H25N5O3. The molecule has 1 aliphatic heterocycles. The summed E-state index contributed by atoms with van der Waals surface area (Å²) in [5.41, 5.74) is 2.97. The summed E-state index contributed by atoms with van der Waals surface area (Å²) >= 11 is 0. The van der Waals surface area contributed by atoms with Crippen LogP contribution in [0.5, 0.6) is 0 Å². The van der Waals surface area contributed by atoms with E-state index in [0.29, 0.717) is 23.7 Å². The molecule has 0 atom stereocenters. The predicted molar refractivity (Wildman–Crippen MR) is 117 cm³/mol. The van der Waals surface area contributed by atoms with Crippen LogP contribution in [0.2, 0.25) is 0 Å². The third-order valence-electron chi connectivity index (χ3n) is 5.77. The third kappa shape index (κ3) is 4.49. The van der Waals surface area contributed by atoms with E-state index in [1.165, 1.54) is 23.5 Å². The molecular weight excluding hydrogens is 382 g/mol. The number of nitrogens with one attached hydrogen (secondary N) is 2. The number of aromatic amines is 1. The van der Waals surface area contributed by atoms with E-state index in [2.05, 4.69) is 51.4 Å². The number of anilines is 1. The second-order valence-electron chi connectivity index (χ2n) is 7.96. The molecule has 1 saturated heterocycles. The highest BCUT2D eigenvalue weighted by molar-refractivity contribution is 5.86. The van der Waals surface area contributed by atoms with Gasteiger partial charge in [0.2, 0.25) is 0 Å². The maximum Gasteiger partial charge on any atom is 0.293 e. The molecule has 30 heavy (non-hydrogen) atoms. The van der Waals surface area contributed by atoms with E-state index >= 15 is 0 Å². The second-order valence-corrected chi connectivity index (χ2v) is 7.96. The molecule has 3 aromatic rings. The van der Waals surface area contributed by atoms with E-state index < -0.39 is 4.92 Å². The van der Waals surface area contributed by atoms with Gasteiger partial charge in [0.05, 0.1) is 22.2 Å². The normalized spacial score (nSPS) is 15.4. The highest BCUT2D eigenvalue weighted by atomic mass is 16.6. The Morgan fingerprint density at radius 1 is 1.23 bits per heavy atom. The van der Waals surface area contributed by atoms with Gasteiger partial charge in [0.1, 0.15) is 5.69 Å². The number of rotatable bonds is 6. The highest BCUT2D eigenvalue weighted by Crippen LogP contribution is 2.29. The largest absolute Gasteiger partial charge is 0.379 e. The van der Waals surface area contributed by atoms with Gasteiger partial charge in [-0.05, 0) is 50.4 Å². The first-order valence-corrected chi connectivity index (χ1v) is 10.2. The molecule has 2 heterocycles. The van der Waals surface area contributed by atoms with Crippen LogP contribution in [0.25, 0.3) is 10.9 Å². The number of aromatic nitrogens is 2. The van der Waals surface area contributed by atoms with Crippen molar-refractivity contribution in [2.75, 3.05) is 25.0 Å². The minimum Gasteiger partial charge on any atom is -0.379 e. The lowest BCUT2D eigenvalue weighted by molar-refractivity contribution is -0.383. The van der Waals surface area contributed by atoms with Gasteiger partial charge in [0.25, 0.3) is 11.2 Å². The summed E-state index contributed by atoms with van der Waals surface area (Å²) in [6.07, 6.45) is 3.39. The number of hydrogen-bond acceptors (Lipinski definition) is 6. The molecule has 0 aliphatic carbocycles. The Kier molecular flexibility index (Phi) is 5.76. The van der Waals surface area contributed by atoms with Crippen LogP contribution in [-0.2, 0) is 6.54 Å². The maximum atomic E-state index is 11.9. The van der Waals surface area contributed by atoms with Gasteiger partial charge in [0, 0.05) is 19.2 Å². The highest BCUT2D eigenvalue weighted by Gasteiger charge is 2.22. The van der Waals surface area contributed by atoms with E-state index in [0.717, 1.165) is 32.5 Å². The van der Waals surface area contributed by atoms with Gasteiger partial charge in [-0.1, -0.05) is 29.8 Å². The smallest absolute Gasteiger partial charge is 0.293 e. The van der Waals surface area contributed by atoms with Gasteiger partial charge in [-0.2, -0.15) is 0 Å². The van der Waals surface area contributed by atoms with Crippen LogP contribution in [0.15, 0.2) is 47.5 Å². The van der Waals surface area contributed by atoms with Gasteiger partial charge in [0.15, 0.2) is 0 Å². The summed E-state index contributed by atoms with van der Waals surface area (Å²) in [5.74, 6) is 0.446. The number of likely N-dealkylation sites (tertiary alicyclic amines) is 1. The standard InChI is InChI=1S/C22H25N5O3/c1-15-2-4-17(5-3-15)13-26-8-6-16(7-9-26)12-23-20-11-19-18(10-21(20)27(29)30)22(28)25-14-24-19/h2-5,10-11,14,16,23H,6-9,12-13H2,1H3,(H,24,25,28). The molecule has 4 rings (SSSR count). The van der Waals surface area contributed by atoms with Crippen LogP contribution in [0.4, 0.5) is 11.4 Å². The van der Waals surface area contributed by atoms with E-state index in [1.54, 1.807) is 6.07 Å². The van der Waals surface area contributed by atoms with Gasteiger partial charge in [-0.15, -0.1) is 0 Å². The molecule has 2 N–H and O–H groups in total. The number of aryl methyl sites for hydroxylation is 1. The molecule has 156 valence electrons. The van der Waals surface area contributed by atoms with Crippen molar-refractivity contribution in [1.29, 1.82) is 0 Å². The summed E-state index contributed by atoms with van der Waals surface area (Å²) in [6, 6.07) is 11.5. The molecule has 0 saturated carbocycles. The van der Waals surface area contributed by atoms with Gasteiger partial charge < -0.3 is 10.3 Å². The Balaban J connectivity index is 1.38. The fraction of sp³-hybridized carbons (Fsp3) is 0.364. The third-order valence-corrected chi connectivity index (χ3v) is 5.77. The average Bonchev–Trinajstić information content (AvgIpc) is 2.74. The number of nitro benzene ring substituents is 1. The summed E-state index contributed by atoms with van der Waals surface area (Å²) in [5, 5.41) is 14.9. The minimum absolute atomic E-state index is 0.0993. The van der Waals surface area contributed by atoms with Crippen LogP contribution in [0, 0.1) is 23.0 Å². The zero-order valence-corrected chi connectivity index (χ0v) is 16.9. The topological polar surface area (TPSA) is 104 Å². The van der Waals surface area contributed by atoms with Crippen LogP contribution in [-0.4, -0.2) is 39.4 Å². The number of nitrogens with zero attached hydrogens (tertiary/aromatic N) is 3.